The zero-order valence-corrected chi connectivity index (χ0v) is 12.4. The minimum atomic E-state index is 0.440. The van der Waals surface area contributed by atoms with Crippen LogP contribution in [0.15, 0.2) is 28.8 Å². The maximum absolute atomic E-state index is 6.14. The summed E-state index contributed by atoms with van der Waals surface area (Å²) in [7, 11) is 1.84. The second kappa shape index (κ2) is 5.22. The molecule has 0 amide bonds. The summed E-state index contributed by atoms with van der Waals surface area (Å²) in [4.78, 5) is 4.42. The van der Waals surface area contributed by atoms with Gasteiger partial charge in [0.05, 0.1) is 16.3 Å². The summed E-state index contributed by atoms with van der Waals surface area (Å²) >= 11 is 7.50. The van der Waals surface area contributed by atoms with Crippen molar-refractivity contribution >= 4 is 28.1 Å². The minimum absolute atomic E-state index is 0.440. The molecule has 0 aliphatic heterocycles. The van der Waals surface area contributed by atoms with Crippen molar-refractivity contribution in [3.8, 4) is 22.8 Å². The van der Waals surface area contributed by atoms with Crippen molar-refractivity contribution in [2.45, 2.75) is 6.92 Å². The molecule has 2 heterocycles. The van der Waals surface area contributed by atoms with Gasteiger partial charge in [0.2, 0.25) is 5.82 Å². The van der Waals surface area contributed by atoms with Crippen LogP contribution in [0.5, 0.6) is 0 Å². The van der Waals surface area contributed by atoms with Crippen molar-refractivity contribution in [3.05, 3.63) is 35.0 Å². The third-order valence-electron chi connectivity index (χ3n) is 2.84. The van der Waals surface area contributed by atoms with Gasteiger partial charge in [0.25, 0.3) is 5.89 Å². The molecule has 1 N–H and O–H groups in total. The van der Waals surface area contributed by atoms with Gasteiger partial charge in [-0.1, -0.05) is 28.9 Å². The molecule has 0 aliphatic rings. The van der Waals surface area contributed by atoms with Gasteiger partial charge in [-0.15, -0.1) is 0 Å². The third-order valence-corrected chi connectivity index (χ3v) is 4.13. The Balaban J connectivity index is 2.07. The average molecular weight is 307 g/mol. The molecule has 0 unspecified atom stereocenters. The van der Waals surface area contributed by atoms with Crippen LogP contribution in [-0.4, -0.2) is 21.6 Å². The first-order valence-electron chi connectivity index (χ1n) is 5.93. The first kappa shape index (κ1) is 13.1. The number of nitrogens with one attached hydrogen (secondary N) is 1. The lowest BCUT2D eigenvalue weighted by Gasteiger charge is -1.97. The molecule has 0 atom stereocenters. The molecule has 0 radical (unpaired) electrons. The van der Waals surface area contributed by atoms with Crippen LogP contribution in [0.1, 0.15) is 5.69 Å². The third kappa shape index (κ3) is 2.17. The highest BCUT2D eigenvalue weighted by atomic mass is 35.5. The van der Waals surface area contributed by atoms with Crippen LogP contribution in [0.4, 0.5) is 5.00 Å². The largest absolute Gasteiger partial charge is 0.378 e. The summed E-state index contributed by atoms with van der Waals surface area (Å²) in [6.07, 6.45) is 0. The van der Waals surface area contributed by atoms with E-state index in [0.717, 1.165) is 21.8 Å². The van der Waals surface area contributed by atoms with Crippen molar-refractivity contribution in [1.82, 2.24) is 14.5 Å². The zero-order valence-electron chi connectivity index (χ0n) is 10.8. The molecule has 5 nitrogen and oxygen atoms in total. The van der Waals surface area contributed by atoms with Crippen LogP contribution in [-0.2, 0) is 0 Å². The van der Waals surface area contributed by atoms with Crippen molar-refractivity contribution in [3.63, 3.8) is 0 Å². The maximum Gasteiger partial charge on any atom is 0.263 e. The quantitative estimate of drug-likeness (QED) is 0.796. The van der Waals surface area contributed by atoms with E-state index in [1.54, 1.807) is 6.07 Å². The molecule has 3 rings (SSSR count). The Morgan fingerprint density at radius 1 is 1.30 bits per heavy atom. The van der Waals surface area contributed by atoms with E-state index in [0.29, 0.717) is 16.7 Å². The maximum atomic E-state index is 6.14. The first-order chi connectivity index (χ1) is 9.70. The average Bonchev–Trinajstić information content (AvgIpc) is 3.05. The number of rotatable bonds is 3. The Bertz CT molecular complexity index is 752. The second-order valence-electron chi connectivity index (χ2n) is 4.13. The predicted molar refractivity (Wildman–Crippen MR) is 80.1 cm³/mol. The van der Waals surface area contributed by atoms with E-state index in [-0.39, 0.29) is 0 Å². The van der Waals surface area contributed by atoms with E-state index in [1.807, 2.05) is 32.2 Å². The molecule has 0 fully saturated rings. The number of hydrogen-bond donors (Lipinski definition) is 1. The van der Waals surface area contributed by atoms with Crippen LogP contribution in [0.2, 0.25) is 5.02 Å². The van der Waals surface area contributed by atoms with Gasteiger partial charge in [-0.3, -0.25) is 0 Å². The molecule has 0 saturated carbocycles. The molecule has 0 aliphatic carbocycles. The molecule has 0 bridgehead atoms. The summed E-state index contributed by atoms with van der Waals surface area (Å²) in [5.41, 5.74) is 2.44. The van der Waals surface area contributed by atoms with Crippen molar-refractivity contribution in [1.29, 1.82) is 0 Å². The predicted octanol–water partition coefficient (Wildman–Crippen LogP) is 3.86. The highest BCUT2D eigenvalue weighted by molar-refractivity contribution is 7.10. The monoisotopic (exact) mass is 306 g/mol. The molecular formula is C13H11ClN4OS. The lowest BCUT2D eigenvalue weighted by molar-refractivity contribution is 0.432. The molecule has 1 aromatic carbocycles. The summed E-state index contributed by atoms with van der Waals surface area (Å²) in [5.74, 6) is 0.911. The highest BCUT2D eigenvalue weighted by Gasteiger charge is 2.19. The van der Waals surface area contributed by atoms with Crippen molar-refractivity contribution in [2.24, 2.45) is 0 Å². The fourth-order valence-electron chi connectivity index (χ4n) is 1.87. The van der Waals surface area contributed by atoms with Gasteiger partial charge in [-0.25, -0.2) is 0 Å². The Labute approximate surface area is 124 Å². The number of hydrogen-bond acceptors (Lipinski definition) is 6. The summed E-state index contributed by atoms with van der Waals surface area (Å²) in [6, 6.07) is 7.39. The van der Waals surface area contributed by atoms with Gasteiger partial charge in [0.1, 0.15) is 5.00 Å². The molecular weight excluding hydrogens is 296 g/mol. The van der Waals surface area contributed by atoms with Crippen LogP contribution >= 0.6 is 23.1 Å². The molecule has 102 valence electrons. The molecule has 7 heteroatoms. The standard InChI is InChI=1S/C13H11ClN4OS/c1-7-10(13(15-2)20-18-7)12-16-11(17-19-12)8-5-3-4-6-9(8)14/h3-6,15H,1-2H3. The molecule has 3 aromatic rings. The van der Waals surface area contributed by atoms with E-state index in [2.05, 4.69) is 19.8 Å². The number of aryl methyl sites for hydroxylation is 1. The normalized spacial score (nSPS) is 10.8. The van der Waals surface area contributed by atoms with Gasteiger partial charge in [0.15, 0.2) is 0 Å². The number of benzene rings is 1. The lowest BCUT2D eigenvalue weighted by Crippen LogP contribution is -1.89. The number of nitrogens with zero attached hydrogens (tertiary/aromatic N) is 3. The number of anilines is 1. The van der Waals surface area contributed by atoms with Crippen LogP contribution in [0.3, 0.4) is 0 Å². The lowest BCUT2D eigenvalue weighted by atomic mass is 10.2. The van der Waals surface area contributed by atoms with Gasteiger partial charge < -0.3 is 9.84 Å². The first-order valence-corrected chi connectivity index (χ1v) is 7.09. The molecule has 0 spiro atoms. The number of halogens is 1. The Hall–Kier alpha value is -1.92. The minimum Gasteiger partial charge on any atom is -0.378 e. The van der Waals surface area contributed by atoms with Crippen LogP contribution < -0.4 is 5.32 Å². The van der Waals surface area contributed by atoms with Crippen LogP contribution in [0, 0.1) is 6.92 Å². The Morgan fingerprint density at radius 3 is 2.85 bits per heavy atom. The molecule has 20 heavy (non-hydrogen) atoms. The Kier molecular flexibility index (Phi) is 3.42. The summed E-state index contributed by atoms with van der Waals surface area (Å²) in [5, 5.41) is 8.57. The van der Waals surface area contributed by atoms with Gasteiger partial charge in [-0.2, -0.15) is 9.36 Å². The fraction of sp³-hybridized carbons (Fsp3) is 0.154. The van der Waals surface area contributed by atoms with Gasteiger partial charge in [0, 0.05) is 12.6 Å². The van der Waals surface area contributed by atoms with Crippen LogP contribution in [0.25, 0.3) is 22.8 Å². The van der Waals surface area contributed by atoms with E-state index in [4.69, 9.17) is 16.1 Å². The van der Waals surface area contributed by atoms with Gasteiger partial charge >= 0.3 is 0 Å². The number of aromatic nitrogens is 3. The highest BCUT2D eigenvalue weighted by Crippen LogP contribution is 2.35. The molecule has 2 aromatic heterocycles. The topological polar surface area (TPSA) is 63.8 Å². The van der Waals surface area contributed by atoms with E-state index < -0.39 is 0 Å². The van der Waals surface area contributed by atoms with E-state index in [1.165, 1.54) is 11.5 Å². The SMILES string of the molecule is CNc1snc(C)c1-c1nc(-c2ccccc2Cl)no1. The fourth-order valence-corrected chi connectivity index (χ4v) is 2.83. The smallest absolute Gasteiger partial charge is 0.263 e. The summed E-state index contributed by atoms with van der Waals surface area (Å²) in [6.45, 7) is 1.91. The zero-order chi connectivity index (χ0) is 14.1. The second-order valence-corrected chi connectivity index (χ2v) is 5.31. The Morgan fingerprint density at radius 2 is 2.10 bits per heavy atom. The van der Waals surface area contributed by atoms with E-state index in [9.17, 15) is 0 Å². The van der Waals surface area contributed by atoms with Gasteiger partial charge in [-0.05, 0) is 30.6 Å². The van der Waals surface area contributed by atoms with Crippen molar-refractivity contribution < 1.29 is 4.52 Å². The molecule has 0 saturated heterocycles. The van der Waals surface area contributed by atoms with E-state index >= 15 is 0 Å². The summed E-state index contributed by atoms with van der Waals surface area (Å²) < 4.78 is 9.64. The van der Waals surface area contributed by atoms with Crippen molar-refractivity contribution in [2.75, 3.05) is 12.4 Å².